The van der Waals surface area contributed by atoms with E-state index >= 15 is 0 Å². The molecule has 0 heterocycles. The first-order valence-electron chi connectivity index (χ1n) is 3.57. The zero-order chi connectivity index (χ0) is 9.84. The Morgan fingerprint density at radius 1 is 1.62 bits per heavy atom. The van der Waals surface area contributed by atoms with E-state index in [4.69, 9.17) is 6.42 Å². The van der Waals surface area contributed by atoms with Gasteiger partial charge in [-0.15, -0.1) is 6.42 Å². The maximum Gasteiger partial charge on any atom is 0.341 e. The topological polar surface area (TPSA) is 46.5 Å². The molecule has 0 atom stereocenters. The standard InChI is InChI=1S/C10H8O3/c1-3-7-4-5-9(11)8(6-7)10(12)13-2/h1,4-6,11H,2H3. The fourth-order valence-corrected chi connectivity index (χ4v) is 0.899. The van der Waals surface area contributed by atoms with Crippen LogP contribution in [0.3, 0.4) is 0 Å². The molecule has 0 aliphatic heterocycles. The third kappa shape index (κ3) is 1.79. The molecule has 0 spiro atoms. The number of ether oxygens (including phenoxy) is 1. The molecule has 0 aromatic heterocycles. The van der Waals surface area contributed by atoms with E-state index in [1.54, 1.807) is 6.07 Å². The van der Waals surface area contributed by atoms with Crippen LogP contribution < -0.4 is 0 Å². The van der Waals surface area contributed by atoms with Crippen LogP contribution in [0.4, 0.5) is 0 Å². The quantitative estimate of drug-likeness (QED) is 0.516. The first kappa shape index (κ1) is 9.14. The number of aromatic hydroxyl groups is 1. The molecular weight excluding hydrogens is 168 g/mol. The van der Waals surface area contributed by atoms with Crippen LogP contribution in [0.5, 0.6) is 5.75 Å². The van der Waals surface area contributed by atoms with Gasteiger partial charge in [-0.05, 0) is 18.2 Å². The van der Waals surface area contributed by atoms with Gasteiger partial charge < -0.3 is 9.84 Å². The van der Waals surface area contributed by atoms with Crippen molar-refractivity contribution >= 4 is 5.97 Å². The second-order valence-electron chi connectivity index (χ2n) is 2.37. The summed E-state index contributed by atoms with van der Waals surface area (Å²) in [5, 5.41) is 9.26. The highest BCUT2D eigenvalue weighted by Crippen LogP contribution is 2.18. The molecule has 0 fully saturated rings. The lowest BCUT2D eigenvalue weighted by Gasteiger charge is -2.02. The molecule has 0 aliphatic rings. The molecule has 0 radical (unpaired) electrons. The van der Waals surface area contributed by atoms with Crippen molar-refractivity contribution in [2.45, 2.75) is 0 Å². The Hall–Kier alpha value is -1.95. The van der Waals surface area contributed by atoms with Crippen LogP contribution >= 0.6 is 0 Å². The lowest BCUT2D eigenvalue weighted by atomic mass is 10.1. The van der Waals surface area contributed by atoms with E-state index in [0.29, 0.717) is 5.56 Å². The number of terminal acetylenes is 1. The van der Waals surface area contributed by atoms with Crippen LogP contribution in [0.25, 0.3) is 0 Å². The molecule has 1 aromatic rings. The Morgan fingerprint density at radius 3 is 2.85 bits per heavy atom. The SMILES string of the molecule is C#Cc1ccc(O)c(C(=O)OC)c1. The summed E-state index contributed by atoms with van der Waals surface area (Å²) < 4.78 is 4.45. The lowest BCUT2D eigenvalue weighted by molar-refractivity contribution is 0.0597. The summed E-state index contributed by atoms with van der Waals surface area (Å²) in [5.74, 6) is 1.62. The monoisotopic (exact) mass is 176 g/mol. The van der Waals surface area contributed by atoms with Crippen molar-refractivity contribution in [2.75, 3.05) is 7.11 Å². The van der Waals surface area contributed by atoms with E-state index in [0.717, 1.165) is 0 Å². The van der Waals surface area contributed by atoms with Gasteiger partial charge in [-0.3, -0.25) is 0 Å². The summed E-state index contributed by atoms with van der Waals surface area (Å²) >= 11 is 0. The van der Waals surface area contributed by atoms with Gasteiger partial charge in [0.1, 0.15) is 11.3 Å². The molecule has 1 rings (SSSR count). The van der Waals surface area contributed by atoms with Crippen LogP contribution in [0.2, 0.25) is 0 Å². The number of benzene rings is 1. The molecule has 13 heavy (non-hydrogen) atoms. The molecule has 0 saturated heterocycles. The van der Waals surface area contributed by atoms with Gasteiger partial charge in [-0.25, -0.2) is 4.79 Å². The van der Waals surface area contributed by atoms with E-state index in [2.05, 4.69) is 10.7 Å². The number of hydrogen-bond donors (Lipinski definition) is 1. The van der Waals surface area contributed by atoms with Gasteiger partial charge in [0.25, 0.3) is 0 Å². The largest absolute Gasteiger partial charge is 0.507 e. The molecule has 0 saturated carbocycles. The summed E-state index contributed by atoms with van der Waals surface area (Å²) in [5.41, 5.74) is 0.608. The number of hydrogen-bond acceptors (Lipinski definition) is 3. The molecule has 0 amide bonds. The molecule has 0 aliphatic carbocycles. The van der Waals surface area contributed by atoms with Crippen molar-refractivity contribution in [1.82, 2.24) is 0 Å². The van der Waals surface area contributed by atoms with Gasteiger partial charge in [-0.2, -0.15) is 0 Å². The smallest absolute Gasteiger partial charge is 0.341 e. The summed E-state index contributed by atoms with van der Waals surface area (Å²) in [7, 11) is 1.24. The van der Waals surface area contributed by atoms with Gasteiger partial charge in [0.2, 0.25) is 0 Å². The highest BCUT2D eigenvalue weighted by atomic mass is 16.5. The number of esters is 1. The second-order valence-corrected chi connectivity index (χ2v) is 2.37. The normalized spacial score (nSPS) is 8.92. The maximum atomic E-state index is 11.1. The predicted octanol–water partition coefficient (Wildman–Crippen LogP) is 1.16. The van der Waals surface area contributed by atoms with Crippen molar-refractivity contribution in [3.05, 3.63) is 29.3 Å². The highest BCUT2D eigenvalue weighted by Gasteiger charge is 2.10. The van der Waals surface area contributed by atoms with Crippen molar-refractivity contribution in [3.63, 3.8) is 0 Å². The van der Waals surface area contributed by atoms with Crippen molar-refractivity contribution in [3.8, 4) is 18.1 Å². The minimum Gasteiger partial charge on any atom is -0.507 e. The zero-order valence-electron chi connectivity index (χ0n) is 7.07. The van der Waals surface area contributed by atoms with Crippen molar-refractivity contribution < 1.29 is 14.6 Å². The van der Waals surface area contributed by atoms with Gasteiger partial charge in [-0.1, -0.05) is 5.92 Å². The first-order chi connectivity index (χ1) is 6.19. The maximum absolute atomic E-state index is 11.1. The Labute approximate surface area is 76.0 Å². The van der Waals surface area contributed by atoms with Gasteiger partial charge in [0.15, 0.2) is 0 Å². The molecule has 3 heteroatoms. The third-order valence-electron chi connectivity index (χ3n) is 1.57. The summed E-state index contributed by atoms with van der Waals surface area (Å²) in [4.78, 5) is 11.1. The van der Waals surface area contributed by atoms with Gasteiger partial charge in [0.05, 0.1) is 7.11 Å². The average Bonchev–Trinajstić information content (AvgIpc) is 2.17. The molecule has 3 nitrogen and oxygen atoms in total. The Balaban J connectivity index is 3.20. The number of phenolic OH excluding ortho intramolecular Hbond substituents is 1. The minimum atomic E-state index is -0.602. The molecule has 0 unspecified atom stereocenters. The van der Waals surface area contributed by atoms with Crippen molar-refractivity contribution in [2.24, 2.45) is 0 Å². The fourth-order valence-electron chi connectivity index (χ4n) is 0.899. The lowest BCUT2D eigenvalue weighted by Crippen LogP contribution is -2.01. The van der Waals surface area contributed by atoms with E-state index in [9.17, 15) is 9.90 Å². The first-order valence-corrected chi connectivity index (χ1v) is 3.57. The molecule has 1 N–H and O–H groups in total. The van der Waals surface area contributed by atoms with Crippen LogP contribution in [-0.4, -0.2) is 18.2 Å². The van der Waals surface area contributed by atoms with E-state index in [1.165, 1.54) is 19.2 Å². The van der Waals surface area contributed by atoms with E-state index in [1.807, 2.05) is 0 Å². The van der Waals surface area contributed by atoms with E-state index < -0.39 is 5.97 Å². The highest BCUT2D eigenvalue weighted by molar-refractivity contribution is 5.92. The summed E-state index contributed by atoms with van der Waals surface area (Å²) in [6.07, 6.45) is 5.13. The van der Waals surface area contributed by atoms with Crippen LogP contribution in [-0.2, 0) is 4.74 Å². The zero-order valence-corrected chi connectivity index (χ0v) is 7.07. The fraction of sp³-hybridized carbons (Fsp3) is 0.100. The number of carbonyl (C=O) groups is 1. The molecular formula is C10H8O3. The molecule has 1 aromatic carbocycles. The Kier molecular flexibility index (Phi) is 2.56. The summed E-state index contributed by atoms with van der Waals surface area (Å²) in [6, 6.07) is 4.31. The van der Waals surface area contributed by atoms with Crippen molar-refractivity contribution in [1.29, 1.82) is 0 Å². The predicted molar refractivity (Wildman–Crippen MR) is 47.4 cm³/mol. The van der Waals surface area contributed by atoms with Gasteiger partial charge >= 0.3 is 5.97 Å². The molecule has 0 bridgehead atoms. The third-order valence-corrected chi connectivity index (χ3v) is 1.57. The minimum absolute atomic E-state index is 0.0814. The van der Waals surface area contributed by atoms with E-state index in [-0.39, 0.29) is 11.3 Å². The van der Waals surface area contributed by atoms with Crippen LogP contribution in [0.15, 0.2) is 18.2 Å². The Morgan fingerprint density at radius 2 is 2.31 bits per heavy atom. The number of rotatable bonds is 1. The summed E-state index contributed by atoms with van der Waals surface area (Å²) in [6.45, 7) is 0. The molecule has 66 valence electrons. The number of phenols is 1. The second kappa shape index (κ2) is 3.63. The van der Waals surface area contributed by atoms with Gasteiger partial charge in [0, 0.05) is 5.56 Å². The Bertz CT molecular complexity index is 374. The number of carbonyl (C=O) groups excluding carboxylic acids is 1. The van der Waals surface area contributed by atoms with Crippen LogP contribution in [0.1, 0.15) is 15.9 Å². The number of methoxy groups -OCH3 is 1. The average molecular weight is 176 g/mol. The van der Waals surface area contributed by atoms with Crippen LogP contribution in [0, 0.1) is 12.3 Å².